The molecule has 2 aliphatic heterocycles. The van der Waals surface area contributed by atoms with E-state index < -0.39 is 5.60 Å². The molecule has 1 aromatic rings. The molecule has 25 heavy (non-hydrogen) atoms. The highest BCUT2D eigenvalue weighted by molar-refractivity contribution is 5.95. The average molecular weight is 350 g/mol. The summed E-state index contributed by atoms with van der Waals surface area (Å²) in [5.74, 6) is 1.20. The zero-order valence-electron chi connectivity index (χ0n) is 14.6. The first kappa shape index (κ1) is 17.2. The van der Waals surface area contributed by atoms with Crippen molar-refractivity contribution in [2.24, 2.45) is 0 Å². The van der Waals surface area contributed by atoms with E-state index in [1.165, 1.54) is 21.3 Å². The van der Waals surface area contributed by atoms with Crippen molar-refractivity contribution in [2.75, 3.05) is 41.0 Å². The highest BCUT2D eigenvalue weighted by atomic mass is 16.6. The maximum Gasteiger partial charge on any atom is 0.407 e. The van der Waals surface area contributed by atoms with E-state index >= 15 is 0 Å². The molecule has 136 valence electrons. The summed E-state index contributed by atoms with van der Waals surface area (Å²) in [4.78, 5) is 25.9. The number of likely N-dealkylation sites (tertiary alicyclic amines) is 1. The Morgan fingerprint density at radius 1 is 1.12 bits per heavy atom. The number of rotatable bonds is 4. The van der Waals surface area contributed by atoms with Gasteiger partial charge in [0, 0.05) is 31.5 Å². The Balaban J connectivity index is 1.76. The number of piperidine rings is 1. The topological polar surface area (TPSA) is 86.3 Å². The number of carbonyl (C=O) groups excluding carboxylic acids is 2. The summed E-state index contributed by atoms with van der Waals surface area (Å²) in [6, 6.07) is 3.29. The molecule has 0 atom stereocenters. The van der Waals surface area contributed by atoms with Crippen LogP contribution in [0.4, 0.5) is 4.79 Å². The Morgan fingerprint density at radius 3 is 2.16 bits per heavy atom. The second kappa shape index (κ2) is 6.70. The van der Waals surface area contributed by atoms with Gasteiger partial charge in [-0.1, -0.05) is 0 Å². The van der Waals surface area contributed by atoms with Gasteiger partial charge in [0.1, 0.15) is 5.60 Å². The lowest BCUT2D eigenvalue weighted by Gasteiger charge is -2.37. The van der Waals surface area contributed by atoms with Gasteiger partial charge in [0.15, 0.2) is 11.5 Å². The van der Waals surface area contributed by atoms with Crippen LogP contribution in [0.1, 0.15) is 23.2 Å². The van der Waals surface area contributed by atoms with Gasteiger partial charge in [0.25, 0.3) is 5.91 Å². The van der Waals surface area contributed by atoms with Gasteiger partial charge >= 0.3 is 6.09 Å². The second-order valence-electron chi connectivity index (χ2n) is 6.13. The van der Waals surface area contributed by atoms with Gasteiger partial charge in [0.05, 0.1) is 27.9 Å². The summed E-state index contributed by atoms with van der Waals surface area (Å²) in [5, 5.41) is 2.69. The van der Waals surface area contributed by atoms with Crippen LogP contribution < -0.4 is 19.5 Å². The van der Waals surface area contributed by atoms with Gasteiger partial charge in [-0.05, 0) is 12.1 Å². The van der Waals surface area contributed by atoms with Crippen molar-refractivity contribution in [1.29, 1.82) is 0 Å². The van der Waals surface area contributed by atoms with Crippen LogP contribution in [-0.2, 0) is 4.74 Å². The average Bonchev–Trinajstić information content (AvgIpc) is 3.00. The van der Waals surface area contributed by atoms with E-state index in [2.05, 4.69) is 5.32 Å². The summed E-state index contributed by atoms with van der Waals surface area (Å²) in [7, 11) is 4.54. The molecule has 3 rings (SSSR count). The number of nitrogens with zero attached hydrogens (tertiary/aromatic N) is 1. The minimum atomic E-state index is -0.483. The Bertz CT molecular complexity index is 657. The predicted octanol–water partition coefficient (Wildman–Crippen LogP) is 1.43. The van der Waals surface area contributed by atoms with E-state index in [0.717, 1.165) is 0 Å². The second-order valence-corrected chi connectivity index (χ2v) is 6.13. The molecule has 0 saturated carbocycles. The van der Waals surface area contributed by atoms with E-state index in [0.29, 0.717) is 55.3 Å². The number of alkyl carbamates (subject to hydrolysis) is 1. The molecular weight excluding hydrogens is 328 g/mol. The summed E-state index contributed by atoms with van der Waals surface area (Å²) in [5.41, 5.74) is -0.0182. The molecule has 2 amide bonds. The minimum Gasteiger partial charge on any atom is -0.493 e. The highest BCUT2D eigenvalue weighted by Crippen LogP contribution is 2.39. The van der Waals surface area contributed by atoms with Crippen LogP contribution in [0.15, 0.2) is 12.1 Å². The number of benzene rings is 1. The maximum absolute atomic E-state index is 12.9. The Hall–Kier alpha value is -2.64. The lowest BCUT2D eigenvalue weighted by atomic mass is 9.91. The number of carbonyl (C=O) groups is 2. The number of nitrogens with one attached hydrogen (secondary N) is 1. The van der Waals surface area contributed by atoms with Crippen molar-refractivity contribution >= 4 is 12.0 Å². The fourth-order valence-corrected chi connectivity index (χ4v) is 3.29. The molecule has 0 aliphatic carbocycles. The van der Waals surface area contributed by atoms with Gasteiger partial charge in [-0.3, -0.25) is 4.79 Å². The van der Waals surface area contributed by atoms with Crippen LogP contribution in [0.25, 0.3) is 0 Å². The smallest absolute Gasteiger partial charge is 0.407 e. The van der Waals surface area contributed by atoms with E-state index in [9.17, 15) is 9.59 Å². The van der Waals surface area contributed by atoms with Crippen LogP contribution in [0.3, 0.4) is 0 Å². The van der Waals surface area contributed by atoms with E-state index in [1.54, 1.807) is 17.0 Å². The Labute approximate surface area is 146 Å². The number of hydrogen-bond acceptors (Lipinski definition) is 6. The summed E-state index contributed by atoms with van der Waals surface area (Å²) >= 11 is 0. The van der Waals surface area contributed by atoms with E-state index in [1.807, 2.05) is 0 Å². The van der Waals surface area contributed by atoms with Crippen molar-refractivity contribution < 1.29 is 28.5 Å². The number of ether oxygens (including phenoxy) is 4. The SMILES string of the molecule is COc1cc(C(=O)N2CCC3(CC2)CNC(=O)O3)cc(OC)c1OC. The third-order valence-electron chi connectivity index (χ3n) is 4.74. The molecule has 8 nitrogen and oxygen atoms in total. The molecule has 0 unspecified atom stereocenters. The van der Waals surface area contributed by atoms with Crippen LogP contribution in [0.5, 0.6) is 17.2 Å². The monoisotopic (exact) mass is 350 g/mol. The van der Waals surface area contributed by atoms with E-state index in [-0.39, 0.29) is 12.0 Å². The Morgan fingerprint density at radius 2 is 1.72 bits per heavy atom. The number of methoxy groups -OCH3 is 3. The zero-order chi connectivity index (χ0) is 18.0. The first-order valence-corrected chi connectivity index (χ1v) is 8.08. The summed E-state index contributed by atoms with van der Waals surface area (Å²) in [6.07, 6.45) is 0.841. The van der Waals surface area contributed by atoms with Gasteiger partial charge < -0.3 is 29.2 Å². The highest BCUT2D eigenvalue weighted by Gasteiger charge is 2.43. The molecule has 2 aliphatic rings. The molecule has 2 saturated heterocycles. The lowest BCUT2D eigenvalue weighted by molar-refractivity contribution is 0.00329. The quantitative estimate of drug-likeness (QED) is 0.884. The molecule has 8 heteroatoms. The van der Waals surface area contributed by atoms with Crippen LogP contribution in [-0.4, -0.2) is 63.5 Å². The predicted molar refractivity (Wildman–Crippen MR) is 88.5 cm³/mol. The maximum atomic E-state index is 12.9. The summed E-state index contributed by atoms with van der Waals surface area (Å²) in [6.45, 7) is 1.53. The third kappa shape index (κ3) is 3.16. The van der Waals surface area contributed by atoms with Crippen molar-refractivity contribution in [3.05, 3.63) is 17.7 Å². The van der Waals surface area contributed by atoms with Crippen molar-refractivity contribution in [2.45, 2.75) is 18.4 Å². The fourth-order valence-electron chi connectivity index (χ4n) is 3.29. The van der Waals surface area contributed by atoms with Crippen LogP contribution in [0.2, 0.25) is 0 Å². The molecule has 1 aromatic carbocycles. The van der Waals surface area contributed by atoms with E-state index in [4.69, 9.17) is 18.9 Å². The first-order chi connectivity index (χ1) is 12.0. The van der Waals surface area contributed by atoms with Gasteiger partial charge in [-0.2, -0.15) is 0 Å². The van der Waals surface area contributed by atoms with Crippen LogP contribution in [0, 0.1) is 0 Å². The van der Waals surface area contributed by atoms with Crippen LogP contribution >= 0.6 is 0 Å². The largest absolute Gasteiger partial charge is 0.493 e. The number of amides is 2. The van der Waals surface area contributed by atoms with Gasteiger partial charge in [-0.25, -0.2) is 4.79 Å². The molecular formula is C17H22N2O6. The summed E-state index contributed by atoms with van der Waals surface area (Å²) < 4.78 is 21.3. The van der Waals surface area contributed by atoms with Crippen molar-refractivity contribution in [3.8, 4) is 17.2 Å². The molecule has 1 N–H and O–H groups in total. The zero-order valence-corrected chi connectivity index (χ0v) is 14.6. The normalized spacial score (nSPS) is 18.5. The van der Waals surface area contributed by atoms with Gasteiger partial charge in [0.2, 0.25) is 5.75 Å². The molecule has 0 aromatic heterocycles. The number of hydrogen-bond donors (Lipinski definition) is 1. The third-order valence-corrected chi connectivity index (χ3v) is 4.74. The van der Waals surface area contributed by atoms with Gasteiger partial charge in [-0.15, -0.1) is 0 Å². The molecule has 1 spiro atoms. The molecule has 0 radical (unpaired) electrons. The standard InChI is InChI=1S/C17H22N2O6/c1-22-12-8-11(9-13(23-2)14(12)24-3)15(20)19-6-4-17(5-7-19)10-18-16(21)25-17/h8-9H,4-7,10H2,1-3H3,(H,18,21). The van der Waals surface area contributed by atoms with Crippen molar-refractivity contribution in [3.63, 3.8) is 0 Å². The fraction of sp³-hybridized carbons (Fsp3) is 0.529. The lowest BCUT2D eigenvalue weighted by Crippen LogP contribution is -2.48. The minimum absolute atomic E-state index is 0.119. The van der Waals surface area contributed by atoms with Crippen molar-refractivity contribution in [1.82, 2.24) is 10.2 Å². The molecule has 2 heterocycles. The molecule has 2 fully saturated rings. The Kier molecular flexibility index (Phi) is 4.61. The molecule has 0 bridgehead atoms. The first-order valence-electron chi connectivity index (χ1n) is 8.08.